The SMILES string of the molecule is Cc1[nH]c(=O)sc1S(=O)(=O)N1CCN(C(=O)CNC(=O)C2CCCCC2)CC1. The largest absolute Gasteiger partial charge is 0.347 e. The molecule has 2 amide bonds. The molecule has 9 nitrogen and oxygen atoms in total. The van der Waals surface area contributed by atoms with Crippen LogP contribution in [0, 0.1) is 12.8 Å². The van der Waals surface area contributed by atoms with Crippen LogP contribution >= 0.6 is 11.3 Å². The van der Waals surface area contributed by atoms with Crippen molar-refractivity contribution in [3.05, 3.63) is 15.4 Å². The van der Waals surface area contributed by atoms with E-state index in [1.54, 1.807) is 11.8 Å². The molecule has 0 spiro atoms. The van der Waals surface area contributed by atoms with Gasteiger partial charge in [0, 0.05) is 37.8 Å². The quantitative estimate of drug-likeness (QED) is 0.695. The number of carbonyl (C=O) groups excluding carboxylic acids is 2. The van der Waals surface area contributed by atoms with Crippen molar-refractivity contribution in [1.82, 2.24) is 19.5 Å². The molecule has 1 aliphatic heterocycles. The summed E-state index contributed by atoms with van der Waals surface area (Å²) in [5, 5.41) is 2.73. The molecule has 28 heavy (non-hydrogen) atoms. The van der Waals surface area contributed by atoms with Gasteiger partial charge in [0.2, 0.25) is 11.8 Å². The van der Waals surface area contributed by atoms with Crippen LogP contribution in [0.5, 0.6) is 0 Å². The Labute approximate surface area is 168 Å². The molecule has 2 N–H and O–H groups in total. The van der Waals surface area contributed by atoms with E-state index in [9.17, 15) is 22.8 Å². The number of aromatic nitrogens is 1. The molecular weight excluding hydrogens is 404 g/mol. The molecule has 0 unspecified atom stereocenters. The molecule has 0 radical (unpaired) electrons. The Balaban J connectivity index is 1.50. The number of amides is 2. The van der Waals surface area contributed by atoms with Gasteiger partial charge in [0.15, 0.2) is 4.21 Å². The third-order valence-electron chi connectivity index (χ3n) is 5.34. The van der Waals surface area contributed by atoms with E-state index in [0.29, 0.717) is 17.0 Å². The van der Waals surface area contributed by atoms with Gasteiger partial charge in [0.25, 0.3) is 10.0 Å². The minimum atomic E-state index is -3.75. The van der Waals surface area contributed by atoms with Gasteiger partial charge in [-0.15, -0.1) is 0 Å². The zero-order valence-corrected chi connectivity index (χ0v) is 17.5. The van der Waals surface area contributed by atoms with Gasteiger partial charge < -0.3 is 15.2 Å². The van der Waals surface area contributed by atoms with Gasteiger partial charge in [-0.25, -0.2) is 8.42 Å². The van der Waals surface area contributed by atoms with Crippen molar-refractivity contribution in [2.45, 2.75) is 43.2 Å². The fraction of sp³-hybridized carbons (Fsp3) is 0.706. The molecule has 0 aromatic carbocycles. The molecule has 1 saturated carbocycles. The second-order valence-electron chi connectivity index (χ2n) is 7.26. The molecule has 156 valence electrons. The van der Waals surface area contributed by atoms with Crippen LogP contribution in [0.25, 0.3) is 0 Å². The zero-order chi connectivity index (χ0) is 20.3. The molecule has 1 aromatic heterocycles. The van der Waals surface area contributed by atoms with Crippen molar-refractivity contribution in [3.8, 4) is 0 Å². The Morgan fingerprint density at radius 3 is 2.36 bits per heavy atom. The minimum absolute atomic E-state index is 0.000265. The molecular formula is C17H26N4O5S2. The topological polar surface area (TPSA) is 120 Å². The van der Waals surface area contributed by atoms with E-state index in [-0.39, 0.29) is 54.7 Å². The van der Waals surface area contributed by atoms with E-state index in [1.165, 1.54) is 4.31 Å². The van der Waals surface area contributed by atoms with Gasteiger partial charge in [-0.05, 0) is 19.8 Å². The number of sulfonamides is 1. The van der Waals surface area contributed by atoms with E-state index >= 15 is 0 Å². The summed E-state index contributed by atoms with van der Waals surface area (Å²) in [7, 11) is -3.75. The second-order valence-corrected chi connectivity index (χ2v) is 10.4. The molecule has 1 saturated heterocycles. The number of H-pyrrole nitrogens is 1. The van der Waals surface area contributed by atoms with E-state index in [0.717, 1.165) is 32.1 Å². The van der Waals surface area contributed by atoms with Crippen molar-refractivity contribution in [2.24, 2.45) is 5.92 Å². The van der Waals surface area contributed by atoms with Gasteiger partial charge in [0.05, 0.1) is 6.54 Å². The van der Waals surface area contributed by atoms with Gasteiger partial charge in [-0.2, -0.15) is 4.31 Å². The Hall–Kier alpha value is -1.72. The number of carbonyl (C=O) groups is 2. The lowest BCUT2D eigenvalue weighted by Crippen LogP contribution is -2.52. The van der Waals surface area contributed by atoms with Gasteiger partial charge in [-0.1, -0.05) is 30.6 Å². The highest BCUT2D eigenvalue weighted by molar-refractivity contribution is 7.91. The number of thiazole rings is 1. The van der Waals surface area contributed by atoms with Crippen LogP contribution in [0.2, 0.25) is 0 Å². The number of nitrogens with zero attached hydrogens (tertiary/aromatic N) is 2. The maximum Gasteiger partial charge on any atom is 0.305 e. The predicted molar refractivity (Wildman–Crippen MR) is 105 cm³/mol. The maximum absolute atomic E-state index is 12.7. The molecule has 0 bridgehead atoms. The lowest BCUT2D eigenvalue weighted by molar-refractivity contribution is -0.135. The number of piperazine rings is 1. The molecule has 2 aliphatic rings. The number of aromatic amines is 1. The Bertz CT molecular complexity index is 878. The number of rotatable bonds is 5. The van der Waals surface area contributed by atoms with E-state index in [1.807, 2.05) is 0 Å². The molecule has 2 heterocycles. The number of hydrogen-bond acceptors (Lipinski definition) is 6. The molecule has 2 fully saturated rings. The summed E-state index contributed by atoms with van der Waals surface area (Å²) in [4.78, 5) is 39.6. The van der Waals surface area contributed by atoms with Crippen LogP contribution in [-0.4, -0.2) is 67.1 Å². The number of hydrogen-bond donors (Lipinski definition) is 2. The van der Waals surface area contributed by atoms with Crippen LogP contribution in [-0.2, 0) is 19.6 Å². The fourth-order valence-electron chi connectivity index (χ4n) is 3.72. The van der Waals surface area contributed by atoms with Gasteiger partial charge in [-0.3, -0.25) is 14.4 Å². The van der Waals surface area contributed by atoms with Gasteiger partial charge >= 0.3 is 4.87 Å². The second kappa shape index (κ2) is 8.75. The molecule has 0 atom stereocenters. The molecule has 1 aliphatic carbocycles. The minimum Gasteiger partial charge on any atom is -0.347 e. The first-order valence-corrected chi connectivity index (χ1v) is 11.8. The first-order chi connectivity index (χ1) is 13.3. The summed E-state index contributed by atoms with van der Waals surface area (Å²) in [6, 6.07) is 0. The van der Waals surface area contributed by atoms with E-state index in [4.69, 9.17) is 0 Å². The Morgan fingerprint density at radius 2 is 1.79 bits per heavy atom. The Kier molecular flexibility index (Phi) is 6.56. The first kappa shape index (κ1) is 21.0. The highest BCUT2D eigenvalue weighted by atomic mass is 32.2. The maximum atomic E-state index is 12.7. The molecule has 3 rings (SSSR count). The van der Waals surface area contributed by atoms with Crippen LogP contribution in [0.3, 0.4) is 0 Å². The normalized spacial score (nSPS) is 19.5. The standard InChI is InChI=1S/C17H26N4O5S2/c1-12-16(27-17(24)19-12)28(25,26)21-9-7-20(8-10-21)14(22)11-18-15(23)13-5-3-2-4-6-13/h13H,2-11H2,1H3,(H,18,23)(H,19,24). The van der Waals surface area contributed by atoms with Gasteiger partial charge in [0.1, 0.15) is 0 Å². The monoisotopic (exact) mass is 430 g/mol. The zero-order valence-electron chi connectivity index (χ0n) is 15.9. The lowest BCUT2D eigenvalue weighted by atomic mass is 9.89. The highest BCUT2D eigenvalue weighted by Crippen LogP contribution is 2.24. The Morgan fingerprint density at radius 1 is 1.14 bits per heavy atom. The van der Waals surface area contributed by atoms with Crippen molar-refractivity contribution in [3.63, 3.8) is 0 Å². The molecule has 11 heteroatoms. The molecule has 1 aromatic rings. The van der Waals surface area contributed by atoms with Crippen molar-refractivity contribution < 1.29 is 18.0 Å². The number of aryl methyl sites for hydroxylation is 1. The fourth-order valence-corrected chi connectivity index (χ4v) is 6.57. The predicted octanol–water partition coefficient (Wildman–Crippen LogP) is 0.274. The summed E-state index contributed by atoms with van der Waals surface area (Å²) in [6.07, 6.45) is 5.02. The number of nitrogens with one attached hydrogen (secondary N) is 2. The summed E-state index contributed by atoms with van der Waals surface area (Å²) < 4.78 is 26.7. The summed E-state index contributed by atoms with van der Waals surface area (Å²) in [6.45, 7) is 2.35. The van der Waals surface area contributed by atoms with E-state index in [2.05, 4.69) is 10.3 Å². The van der Waals surface area contributed by atoms with Crippen LogP contribution < -0.4 is 10.2 Å². The average molecular weight is 431 g/mol. The third-order valence-corrected chi connectivity index (χ3v) is 8.82. The van der Waals surface area contributed by atoms with Crippen molar-refractivity contribution in [1.29, 1.82) is 0 Å². The smallest absolute Gasteiger partial charge is 0.305 e. The summed E-state index contributed by atoms with van der Waals surface area (Å²) in [5.41, 5.74) is 0.332. The third kappa shape index (κ3) is 4.64. The summed E-state index contributed by atoms with van der Waals surface area (Å²) >= 11 is 0.678. The van der Waals surface area contributed by atoms with Crippen LogP contribution in [0.4, 0.5) is 0 Å². The van der Waals surface area contributed by atoms with Crippen molar-refractivity contribution >= 4 is 33.2 Å². The lowest BCUT2D eigenvalue weighted by Gasteiger charge is -2.34. The highest BCUT2D eigenvalue weighted by Gasteiger charge is 2.32. The van der Waals surface area contributed by atoms with Crippen molar-refractivity contribution in [2.75, 3.05) is 32.7 Å². The van der Waals surface area contributed by atoms with Crippen LogP contribution in [0.1, 0.15) is 37.8 Å². The summed E-state index contributed by atoms with van der Waals surface area (Å²) in [5.74, 6) is -0.268. The van der Waals surface area contributed by atoms with E-state index < -0.39 is 14.9 Å². The average Bonchev–Trinajstić information content (AvgIpc) is 3.05. The van der Waals surface area contributed by atoms with Crippen LogP contribution in [0.15, 0.2) is 9.00 Å². The first-order valence-electron chi connectivity index (χ1n) is 9.54.